The van der Waals surface area contributed by atoms with Gasteiger partial charge in [0.15, 0.2) is 11.5 Å². The number of rotatable bonds is 4. The van der Waals surface area contributed by atoms with Gasteiger partial charge in [-0.05, 0) is 30.7 Å². The fraction of sp³-hybridized carbons (Fsp3) is 0.143. The maximum absolute atomic E-state index is 11.5. The van der Waals surface area contributed by atoms with Crippen LogP contribution in [-0.4, -0.2) is 18.6 Å². The number of sulfonamides is 1. The van der Waals surface area contributed by atoms with Gasteiger partial charge in [-0.1, -0.05) is 18.2 Å². The van der Waals surface area contributed by atoms with Crippen LogP contribution in [0.1, 0.15) is 11.1 Å². The van der Waals surface area contributed by atoms with Gasteiger partial charge in [-0.3, -0.25) is 0 Å². The van der Waals surface area contributed by atoms with Crippen molar-refractivity contribution in [2.75, 3.05) is 5.32 Å². The first-order valence-corrected chi connectivity index (χ1v) is 7.71. The predicted octanol–water partition coefficient (Wildman–Crippen LogP) is 1.67. The van der Waals surface area contributed by atoms with Crippen LogP contribution in [0.4, 0.5) is 5.69 Å². The molecule has 0 saturated heterocycles. The van der Waals surface area contributed by atoms with Gasteiger partial charge in [0.1, 0.15) is 0 Å². The van der Waals surface area contributed by atoms with Crippen molar-refractivity contribution in [3.63, 3.8) is 0 Å². The van der Waals surface area contributed by atoms with Gasteiger partial charge in [0.05, 0.1) is 4.90 Å². The third-order valence-electron chi connectivity index (χ3n) is 3.16. The SMILES string of the molecule is Cc1c(NCc2cccc(O)c2O)cccc1S(N)(=O)=O. The summed E-state index contributed by atoms with van der Waals surface area (Å²) in [5, 5.41) is 27.3. The van der Waals surface area contributed by atoms with E-state index in [0.717, 1.165) is 0 Å². The molecule has 0 radical (unpaired) electrons. The van der Waals surface area contributed by atoms with Crippen molar-refractivity contribution >= 4 is 15.7 Å². The smallest absolute Gasteiger partial charge is 0.238 e. The average molecular weight is 308 g/mol. The lowest BCUT2D eigenvalue weighted by Gasteiger charge is -2.13. The second kappa shape index (κ2) is 5.63. The number of phenols is 2. The van der Waals surface area contributed by atoms with Gasteiger partial charge in [0, 0.05) is 17.8 Å². The molecule has 0 atom stereocenters. The first-order valence-electron chi connectivity index (χ1n) is 6.17. The van der Waals surface area contributed by atoms with Crippen LogP contribution in [-0.2, 0) is 16.6 Å². The Morgan fingerprint density at radius 2 is 1.81 bits per heavy atom. The van der Waals surface area contributed by atoms with Crippen LogP contribution in [0.15, 0.2) is 41.3 Å². The van der Waals surface area contributed by atoms with Crippen molar-refractivity contribution in [1.82, 2.24) is 0 Å². The fourth-order valence-electron chi connectivity index (χ4n) is 2.03. The Morgan fingerprint density at radius 1 is 1.14 bits per heavy atom. The average Bonchev–Trinajstić information content (AvgIpc) is 2.40. The molecular formula is C14H16N2O4S. The Balaban J connectivity index is 2.27. The Hall–Kier alpha value is -2.25. The number of hydrogen-bond donors (Lipinski definition) is 4. The monoisotopic (exact) mass is 308 g/mol. The molecule has 0 heterocycles. The van der Waals surface area contributed by atoms with Crippen molar-refractivity contribution < 1.29 is 18.6 Å². The van der Waals surface area contributed by atoms with Crippen LogP contribution >= 0.6 is 0 Å². The molecule has 0 aliphatic rings. The van der Waals surface area contributed by atoms with Crippen molar-refractivity contribution in [2.24, 2.45) is 5.14 Å². The van der Waals surface area contributed by atoms with E-state index in [4.69, 9.17) is 5.14 Å². The minimum absolute atomic E-state index is 0.0487. The first-order chi connectivity index (χ1) is 9.80. The Morgan fingerprint density at radius 3 is 2.48 bits per heavy atom. The summed E-state index contributed by atoms with van der Waals surface area (Å²) in [6, 6.07) is 9.37. The second-order valence-electron chi connectivity index (χ2n) is 4.61. The molecule has 5 N–H and O–H groups in total. The molecular weight excluding hydrogens is 292 g/mol. The molecule has 21 heavy (non-hydrogen) atoms. The Labute approximate surface area is 122 Å². The number of primary sulfonamides is 1. The third kappa shape index (κ3) is 3.26. The predicted molar refractivity (Wildman–Crippen MR) is 79.7 cm³/mol. The van der Waals surface area contributed by atoms with Gasteiger partial charge in [-0.2, -0.15) is 0 Å². The van der Waals surface area contributed by atoms with E-state index in [-0.39, 0.29) is 22.9 Å². The number of nitrogens with two attached hydrogens (primary N) is 1. The van der Waals surface area contributed by atoms with Gasteiger partial charge >= 0.3 is 0 Å². The van der Waals surface area contributed by atoms with Gasteiger partial charge < -0.3 is 15.5 Å². The lowest BCUT2D eigenvalue weighted by atomic mass is 10.1. The molecule has 6 nitrogen and oxygen atoms in total. The highest BCUT2D eigenvalue weighted by molar-refractivity contribution is 7.89. The van der Waals surface area contributed by atoms with E-state index in [1.165, 1.54) is 12.1 Å². The summed E-state index contributed by atoms with van der Waals surface area (Å²) in [5.41, 5.74) is 1.58. The molecule has 0 unspecified atom stereocenters. The van der Waals surface area contributed by atoms with Crippen LogP contribution in [0.25, 0.3) is 0 Å². The number of aromatic hydroxyl groups is 2. The fourth-order valence-corrected chi connectivity index (χ4v) is 2.83. The van der Waals surface area contributed by atoms with E-state index in [9.17, 15) is 18.6 Å². The summed E-state index contributed by atoms with van der Waals surface area (Å²) >= 11 is 0. The molecule has 2 rings (SSSR count). The summed E-state index contributed by atoms with van der Waals surface area (Å²) in [5.74, 6) is -0.408. The normalized spacial score (nSPS) is 11.3. The summed E-state index contributed by atoms with van der Waals surface area (Å²) < 4.78 is 22.9. The van der Waals surface area contributed by atoms with Gasteiger partial charge in [0.2, 0.25) is 10.0 Å². The topological polar surface area (TPSA) is 113 Å². The van der Waals surface area contributed by atoms with E-state index in [0.29, 0.717) is 16.8 Å². The first kappa shape index (κ1) is 15.1. The maximum atomic E-state index is 11.5. The maximum Gasteiger partial charge on any atom is 0.238 e. The molecule has 0 spiro atoms. The summed E-state index contributed by atoms with van der Waals surface area (Å²) in [6.07, 6.45) is 0. The van der Waals surface area contributed by atoms with Crippen molar-refractivity contribution in [3.8, 4) is 11.5 Å². The zero-order chi connectivity index (χ0) is 15.6. The number of anilines is 1. The van der Waals surface area contributed by atoms with Crippen molar-refractivity contribution in [1.29, 1.82) is 0 Å². The summed E-state index contributed by atoms with van der Waals surface area (Å²) in [7, 11) is -3.78. The minimum Gasteiger partial charge on any atom is -0.504 e. The third-order valence-corrected chi connectivity index (χ3v) is 4.21. The van der Waals surface area contributed by atoms with Crippen LogP contribution in [0.2, 0.25) is 0 Å². The van der Waals surface area contributed by atoms with E-state index in [1.54, 1.807) is 31.2 Å². The molecule has 112 valence electrons. The molecule has 0 saturated carbocycles. The molecule has 0 aromatic heterocycles. The molecule has 0 aliphatic carbocycles. The number of para-hydroxylation sites is 1. The zero-order valence-corrected chi connectivity index (χ0v) is 12.2. The van der Waals surface area contributed by atoms with Gasteiger partial charge in [-0.25, -0.2) is 13.6 Å². The summed E-state index contributed by atoms with van der Waals surface area (Å²) in [6.45, 7) is 1.87. The van der Waals surface area contributed by atoms with E-state index in [2.05, 4.69) is 5.32 Å². The lowest BCUT2D eigenvalue weighted by Crippen LogP contribution is -2.14. The molecule has 0 aliphatic heterocycles. The zero-order valence-electron chi connectivity index (χ0n) is 11.4. The number of hydrogen-bond acceptors (Lipinski definition) is 5. The largest absolute Gasteiger partial charge is 0.504 e. The highest BCUT2D eigenvalue weighted by Gasteiger charge is 2.14. The Bertz CT molecular complexity index is 773. The lowest BCUT2D eigenvalue weighted by molar-refractivity contribution is 0.400. The summed E-state index contributed by atoms with van der Waals surface area (Å²) in [4.78, 5) is 0.0487. The highest BCUT2D eigenvalue weighted by atomic mass is 32.2. The standard InChI is InChI=1S/C14H16N2O4S/c1-9-11(5-3-7-13(9)21(15,19)20)16-8-10-4-2-6-12(17)14(10)18/h2-7,16-18H,8H2,1H3,(H2,15,19,20). The highest BCUT2D eigenvalue weighted by Crippen LogP contribution is 2.29. The number of benzene rings is 2. The van der Waals surface area contributed by atoms with Crippen molar-refractivity contribution in [2.45, 2.75) is 18.4 Å². The van der Waals surface area contributed by atoms with E-state index in [1.807, 2.05) is 0 Å². The second-order valence-corrected chi connectivity index (χ2v) is 6.14. The van der Waals surface area contributed by atoms with Crippen LogP contribution in [0, 0.1) is 6.92 Å². The Kier molecular flexibility index (Phi) is 4.06. The van der Waals surface area contributed by atoms with Crippen LogP contribution in [0.3, 0.4) is 0 Å². The van der Waals surface area contributed by atoms with Crippen LogP contribution < -0.4 is 10.5 Å². The van der Waals surface area contributed by atoms with Crippen molar-refractivity contribution in [3.05, 3.63) is 47.5 Å². The molecule has 7 heteroatoms. The molecule has 2 aromatic carbocycles. The molecule has 0 amide bonds. The number of phenolic OH excluding ortho intramolecular Hbond substituents is 2. The molecule has 0 bridgehead atoms. The van der Waals surface area contributed by atoms with Gasteiger partial charge in [0.25, 0.3) is 0 Å². The van der Waals surface area contributed by atoms with Gasteiger partial charge in [-0.15, -0.1) is 0 Å². The molecule has 2 aromatic rings. The molecule has 0 fully saturated rings. The van der Waals surface area contributed by atoms with E-state index >= 15 is 0 Å². The van der Waals surface area contributed by atoms with Crippen LogP contribution in [0.5, 0.6) is 11.5 Å². The number of nitrogens with one attached hydrogen (secondary N) is 1. The minimum atomic E-state index is -3.78. The van der Waals surface area contributed by atoms with E-state index < -0.39 is 10.0 Å². The quantitative estimate of drug-likeness (QED) is 0.642.